The third kappa shape index (κ3) is 1.87. The minimum atomic E-state index is -0.231. The average Bonchev–Trinajstić information content (AvgIpc) is 2.84. The van der Waals surface area contributed by atoms with E-state index in [1.807, 2.05) is 6.92 Å². The molecule has 0 saturated heterocycles. The van der Waals surface area contributed by atoms with Crippen LogP contribution >= 0.6 is 11.6 Å². The van der Waals surface area contributed by atoms with Gasteiger partial charge in [-0.05, 0) is 13.3 Å². The number of halogens is 1. The summed E-state index contributed by atoms with van der Waals surface area (Å²) < 4.78 is 10.2. The number of hydrogen-bond donors (Lipinski definition) is 0. The van der Waals surface area contributed by atoms with Gasteiger partial charge in [-0.2, -0.15) is 4.98 Å². The van der Waals surface area contributed by atoms with Crippen LogP contribution in [0.5, 0.6) is 0 Å². The summed E-state index contributed by atoms with van der Waals surface area (Å²) in [6.45, 7) is 3.76. The van der Waals surface area contributed by atoms with Gasteiger partial charge in [-0.25, -0.2) is 4.98 Å². The average molecular weight is 228 g/mol. The summed E-state index contributed by atoms with van der Waals surface area (Å²) in [5, 5.41) is 3.55. The Bertz CT molecular complexity index is 452. The van der Waals surface area contributed by atoms with Crippen molar-refractivity contribution in [2.75, 3.05) is 0 Å². The van der Waals surface area contributed by atoms with E-state index in [2.05, 4.69) is 15.1 Å². The molecule has 2 rings (SSSR count). The number of hydrogen-bond acceptors (Lipinski definition) is 5. The van der Waals surface area contributed by atoms with Gasteiger partial charge in [0.2, 0.25) is 5.76 Å². The van der Waals surface area contributed by atoms with Crippen molar-refractivity contribution in [3.05, 3.63) is 17.9 Å². The highest BCUT2D eigenvalue weighted by Gasteiger charge is 2.18. The Balaban J connectivity index is 2.32. The second kappa shape index (κ2) is 4.02. The van der Waals surface area contributed by atoms with Crippen LogP contribution in [0.1, 0.15) is 30.2 Å². The van der Waals surface area contributed by atoms with Crippen LogP contribution in [0, 0.1) is 6.92 Å². The lowest BCUT2D eigenvalue weighted by Crippen LogP contribution is -1.90. The second-order valence-electron chi connectivity index (χ2n) is 3.10. The van der Waals surface area contributed by atoms with E-state index in [1.54, 1.807) is 6.92 Å². The highest BCUT2D eigenvalue weighted by Crippen LogP contribution is 2.25. The molecular formula is C9H10ClN3O2. The Morgan fingerprint density at radius 1 is 1.53 bits per heavy atom. The summed E-state index contributed by atoms with van der Waals surface area (Å²) in [5.74, 6) is 1.29. The molecule has 0 aliphatic carbocycles. The second-order valence-corrected chi connectivity index (χ2v) is 3.63. The van der Waals surface area contributed by atoms with Crippen LogP contribution in [-0.4, -0.2) is 15.1 Å². The number of aromatic nitrogens is 3. The van der Waals surface area contributed by atoms with E-state index < -0.39 is 0 Å². The summed E-state index contributed by atoms with van der Waals surface area (Å²) >= 11 is 5.97. The van der Waals surface area contributed by atoms with Gasteiger partial charge < -0.3 is 8.94 Å². The molecule has 0 bridgehead atoms. The largest absolute Gasteiger partial charge is 0.438 e. The van der Waals surface area contributed by atoms with Crippen LogP contribution in [0.2, 0.25) is 0 Å². The SMILES string of the molecule is CCC(Cl)c1noc(-c2ocnc2C)n1. The maximum Gasteiger partial charge on any atom is 0.295 e. The van der Waals surface area contributed by atoms with Gasteiger partial charge in [0.15, 0.2) is 12.2 Å². The molecule has 0 spiro atoms. The Kier molecular flexibility index (Phi) is 2.73. The lowest BCUT2D eigenvalue weighted by molar-refractivity contribution is 0.407. The first-order valence-corrected chi connectivity index (χ1v) is 5.04. The van der Waals surface area contributed by atoms with Crippen molar-refractivity contribution in [3.63, 3.8) is 0 Å². The molecule has 0 saturated carbocycles. The molecule has 0 amide bonds. The topological polar surface area (TPSA) is 65.0 Å². The maximum absolute atomic E-state index is 5.97. The fraction of sp³-hybridized carbons (Fsp3) is 0.444. The molecule has 6 heteroatoms. The third-order valence-corrected chi connectivity index (χ3v) is 2.52. The van der Waals surface area contributed by atoms with Crippen molar-refractivity contribution in [1.82, 2.24) is 15.1 Å². The first-order valence-electron chi connectivity index (χ1n) is 4.60. The summed E-state index contributed by atoms with van der Waals surface area (Å²) in [7, 11) is 0. The fourth-order valence-electron chi connectivity index (χ4n) is 1.14. The molecule has 5 nitrogen and oxygen atoms in total. The molecule has 15 heavy (non-hydrogen) atoms. The van der Waals surface area contributed by atoms with E-state index in [0.717, 1.165) is 6.42 Å². The van der Waals surface area contributed by atoms with Crippen molar-refractivity contribution < 1.29 is 8.94 Å². The van der Waals surface area contributed by atoms with E-state index in [-0.39, 0.29) is 5.38 Å². The quantitative estimate of drug-likeness (QED) is 0.755. The predicted octanol–water partition coefficient (Wildman–Crippen LogP) is 2.72. The standard InChI is InChI=1S/C9H10ClN3O2/c1-3-6(10)8-12-9(15-13-8)7-5(2)11-4-14-7/h4,6H,3H2,1-2H3. The van der Waals surface area contributed by atoms with Crippen molar-refractivity contribution >= 4 is 11.6 Å². The van der Waals surface area contributed by atoms with Crippen molar-refractivity contribution in [1.29, 1.82) is 0 Å². The number of rotatable bonds is 3. The van der Waals surface area contributed by atoms with Gasteiger partial charge in [-0.3, -0.25) is 0 Å². The predicted molar refractivity (Wildman–Crippen MR) is 53.4 cm³/mol. The van der Waals surface area contributed by atoms with Crippen LogP contribution in [0.4, 0.5) is 0 Å². The maximum atomic E-state index is 5.97. The van der Waals surface area contributed by atoms with Gasteiger partial charge in [0.05, 0.1) is 11.1 Å². The van der Waals surface area contributed by atoms with Crippen LogP contribution in [0.25, 0.3) is 11.7 Å². The molecule has 2 aromatic heterocycles. The minimum Gasteiger partial charge on any atom is -0.438 e. The van der Waals surface area contributed by atoms with Crippen LogP contribution in [-0.2, 0) is 0 Å². The highest BCUT2D eigenvalue weighted by atomic mass is 35.5. The zero-order valence-corrected chi connectivity index (χ0v) is 9.15. The summed E-state index contributed by atoms with van der Waals surface area (Å²) in [6.07, 6.45) is 2.09. The van der Waals surface area contributed by atoms with Gasteiger partial charge >= 0.3 is 0 Å². The molecule has 2 aromatic rings. The number of nitrogens with zero attached hydrogens (tertiary/aromatic N) is 3. The molecular weight excluding hydrogens is 218 g/mol. The molecule has 0 aromatic carbocycles. The Labute approximate surface area is 91.5 Å². The smallest absolute Gasteiger partial charge is 0.295 e. The Morgan fingerprint density at radius 3 is 2.93 bits per heavy atom. The summed E-state index contributed by atoms with van der Waals surface area (Å²) in [6, 6.07) is 0. The van der Waals surface area contributed by atoms with Gasteiger partial charge in [-0.15, -0.1) is 11.6 Å². The van der Waals surface area contributed by atoms with Gasteiger partial charge in [0.25, 0.3) is 5.89 Å². The van der Waals surface area contributed by atoms with Crippen molar-refractivity contribution in [2.24, 2.45) is 0 Å². The van der Waals surface area contributed by atoms with E-state index >= 15 is 0 Å². The summed E-state index contributed by atoms with van der Waals surface area (Å²) in [4.78, 5) is 8.08. The van der Waals surface area contributed by atoms with E-state index in [0.29, 0.717) is 23.2 Å². The van der Waals surface area contributed by atoms with Crippen LogP contribution < -0.4 is 0 Å². The zero-order chi connectivity index (χ0) is 10.8. The van der Waals surface area contributed by atoms with Crippen LogP contribution in [0.15, 0.2) is 15.3 Å². The number of aryl methyl sites for hydroxylation is 1. The fourth-order valence-corrected chi connectivity index (χ4v) is 1.23. The minimum absolute atomic E-state index is 0.231. The molecule has 0 aliphatic heterocycles. The van der Waals surface area contributed by atoms with E-state index in [1.165, 1.54) is 6.39 Å². The normalized spacial score (nSPS) is 13.0. The van der Waals surface area contributed by atoms with Crippen molar-refractivity contribution in [3.8, 4) is 11.7 Å². The number of alkyl halides is 1. The Hall–Kier alpha value is -1.36. The molecule has 2 heterocycles. The van der Waals surface area contributed by atoms with Crippen molar-refractivity contribution in [2.45, 2.75) is 25.6 Å². The first kappa shape index (κ1) is 10.2. The molecule has 80 valence electrons. The van der Waals surface area contributed by atoms with Gasteiger partial charge in [-0.1, -0.05) is 12.1 Å². The molecule has 0 N–H and O–H groups in total. The van der Waals surface area contributed by atoms with Crippen LogP contribution in [0.3, 0.4) is 0 Å². The first-order chi connectivity index (χ1) is 7.22. The van der Waals surface area contributed by atoms with E-state index in [9.17, 15) is 0 Å². The highest BCUT2D eigenvalue weighted by molar-refractivity contribution is 6.20. The number of oxazole rings is 1. The monoisotopic (exact) mass is 227 g/mol. The van der Waals surface area contributed by atoms with Gasteiger partial charge in [0.1, 0.15) is 0 Å². The molecule has 0 fully saturated rings. The summed E-state index contributed by atoms with van der Waals surface area (Å²) in [5.41, 5.74) is 0.716. The third-order valence-electron chi connectivity index (χ3n) is 2.02. The molecule has 1 unspecified atom stereocenters. The van der Waals surface area contributed by atoms with Gasteiger partial charge in [0, 0.05) is 0 Å². The molecule has 0 radical (unpaired) electrons. The zero-order valence-electron chi connectivity index (χ0n) is 8.40. The van der Waals surface area contributed by atoms with E-state index in [4.69, 9.17) is 20.5 Å². The lowest BCUT2D eigenvalue weighted by Gasteiger charge is -1.95. The Morgan fingerprint density at radius 2 is 2.33 bits per heavy atom. The lowest BCUT2D eigenvalue weighted by atomic mass is 10.3. The molecule has 1 atom stereocenters. The molecule has 0 aliphatic rings.